The van der Waals surface area contributed by atoms with Gasteiger partial charge in [-0.25, -0.2) is 4.79 Å². The molecule has 204 valence electrons. The number of hydrogen-bond acceptors (Lipinski definition) is 4. The summed E-state index contributed by atoms with van der Waals surface area (Å²) in [5.74, 6) is 0.806. The van der Waals surface area contributed by atoms with E-state index in [0.29, 0.717) is 19.0 Å². The first-order valence-corrected chi connectivity index (χ1v) is 14.9. The normalized spacial score (nSPS) is 26.8. The van der Waals surface area contributed by atoms with E-state index in [9.17, 15) is 14.7 Å². The van der Waals surface area contributed by atoms with Crippen LogP contribution in [0.5, 0.6) is 0 Å². The van der Waals surface area contributed by atoms with Crippen LogP contribution in [0.4, 0.5) is 0 Å². The summed E-state index contributed by atoms with van der Waals surface area (Å²) >= 11 is 0. The lowest BCUT2D eigenvalue weighted by Crippen LogP contribution is -2.53. The molecule has 1 aromatic heterocycles. The number of aliphatic hydroxyl groups excluding tert-OH is 1. The predicted molar refractivity (Wildman–Crippen MR) is 148 cm³/mol. The summed E-state index contributed by atoms with van der Waals surface area (Å²) in [5.41, 5.74) is 1.90. The fourth-order valence-corrected chi connectivity index (χ4v) is 7.32. The van der Waals surface area contributed by atoms with Crippen molar-refractivity contribution < 1.29 is 9.90 Å². The number of imidazole rings is 1. The average molecular weight is 511 g/mol. The second kappa shape index (κ2) is 12.2. The minimum atomic E-state index is -0.242. The van der Waals surface area contributed by atoms with Crippen LogP contribution in [0.3, 0.4) is 0 Å². The summed E-state index contributed by atoms with van der Waals surface area (Å²) in [6.07, 6.45) is 12.1. The highest BCUT2D eigenvalue weighted by molar-refractivity contribution is 5.81. The number of piperidine rings is 2. The third kappa shape index (κ3) is 5.68. The summed E-state index contributed by atoms with van der Waals surface area (Å²) in [4.78, 5) is 32.4. The second-order valence-corrected chi connectivity index (χ2v) is 11.8. The number of rotatable bonds is 6. The molecule has 3 fully saturated rings. The number of aromatic nitrogens is 2. The number of aliphatic hydroxyl groups is 1. The molecular formula is C30H46N4O3. The Bertz CT molecular complexity index is 1100. The molecule has 0 radical (unpaired) electrons. The van der Waals surface area contributed by atoms with Crippen molar-refractivity contribution in [1.82, 2.24) is 18.9 Å². The molecule has 3 heterocycles. The van der Waals surface area contributed by atoms with Gasteiger partial charge in [0.1, 0.15) is 0 Å². The van der Waals surface area contributed by atoms with Crippen molar-refractivity contribution in [3.63, 3.8) is 0 Å². The van der Waals surface area contributed by atoms with Gasteiger partial charge in [0, 0.05) is 45.9 Å². The zero-order chi connectivity index (χ0) is 25.8. The first kappa shape index (κ1) is 26.5. The van der Waals surface area contributed by atoms with E-state index in [1.807, 2.05) is 45.2 Å². The Kier molecular flexibility index (Phi) is 8.71. The lowest BCUT2D eigenvalue weighted by Gasteiger charge is -2.43. The van der Waals surface area contributed by atoms with Crippen molar-refractivity contribution in [3.05, 3.63) is 34.7 Å². The summed E-state index contributed by atoms with van der Waals surface area (Å²) < 4.78 is 3.79. The van der Waals surface area contributed by atoms with Crippen LogP contribution in [-0.2, 0) is 11.3 Å². The maximum Gasteiger partial charge on any atom is 0.329 e. The first-order chi connectivity index (χ1) is 18.1. The summed E-state index contributed by atoms with van der Waals surface area (Å²) in [6.45, 7) is 6.88. The van der Waals surface area contributed by atoms with Gasteiger partial charge < -0.3 is 14.9 Å². The average Bonchev–Trinajstić information content (AvgIpc) is 3.20. The third-order valence-corrected chi connectivity index (χ3v) is 9.32. The van der Waals surface area contributed by atoms with E-state index >= 15 is 0 Å². The molecule has 1 aliphatic carbocycles. The molecule has 3 atom stereocenters. The van der Waals surface area contributed by atoms with Crippen molar-refractivity contribution in [1.29, 1.82) is 0 Å². The molecule has 1 N–H and O–H groups in total. The fraction of sp³-hybridized carbons (Fsp3) is 0.733. The Morgan fingerprint density at radius 3 is 2.32 bits per heavy atom. The van der Waals surface area contributed by atoms with Gasteiger partial charge in [0.25, 0.3) is 0 Å². The van der Waals surface area contributed by atoms with E-state index < -0.39 is 0 Å². The molecule has 0 bridgehead atoms. The number of fused-ring (bicyclic) bond motifs is 1. The Morgan fingerprint density at radius 2 is 1.59 bits per heavy atom. The number of para-hydroxylation sites is 2. The lowest BCUT2D eigenvalue weighted by atomic mass is 9.86. The Hall–Kier alpha value is -2.12. The summed E-state index contributed by atoms with van der Waals surface area (Å²) in [5, 5.41) is 9.79. The van der Waals surface area contributed by atoms with Crippen LogP contribution in [0.1, 0.15) is 77.2 Å². The molecule has 3 aliphatic rings. The van der Waals surface area contributed by atoms with E-state index in [0.717, 1.165) is 56.5 Å². The van der Waals surface area contributed by atoms with E-state index in [1.54, 1.807) is 0 Å². The van der Waals surface area contributed by atoms with Crippen LogP contribution in [0.2, 0.25) is 0 Å². The molecule has 1 unspecified atom stereocenters. The predicted octanol–water partition coefficient (Wildman–Crippen LogP) is 4.28. The molecule has 2 aromatic rings. The Labute approximate surface area is 221 Å². The summed E-state index contributed by atoms with van der Waals surface area (Å²) in [7, 11) is 0. The van der Waals surface area contributed by atoms with Crippen molar-refractivity contribution in [3.8, 4) is 0 Å². The van der Waals surface area contributed by atoms with Gasteiger partial charge in [0.15, 0.2) is 0 Å². The molecule has 1 saturated carbocycles. The highest BCUT2D eigenvalue weighted by Gasteiger charge is 2.40. The van der Waals surface area contributed by atoms with Crippen molar-refractivity contribution in [2.45, 2.75) is 83.7 Å². The second-order valence-electron chi connectivity index (χ2n) is 11.8. The molecule has 1 aromatic carbocycles. The number of carbonyl (C=O) groups is 1. The van der Waals surface area contributed by atoms with Crippen molar-refractivity contribution >= 4 is 16.9 Å². The van der Waals surface area contributed by atoms with Crippen LogP contribution in [0, 0.1) is 17.8 Å². The van der Waals surface area contributed by atoms with Gasteiger partial charge in [-0.05, 0) is 63.0 Å². The highest BCUT2D eigenvalue weighted by Crippen LogP contribution is 2.34. The monoisotopic (exact) mass is 510 g/mol. The van der Waals surface area contributed by atoms with Crippen molar-refractivity contribution in [2.24, 2.45) is 17.8 Å². The topological polar surface area (TPSA) is 70.7 Å². The number of benzene rings is 1. The first-order valence-electron chi connectivity index (χ1n) is 14.9. The molecule has 0 spiro atoms. The van der Waals surface area contributed by atoms with Gasteiger partial charge in [-0.1, -0.05) is 44.2 Å². The number of hydrogen-bond donors (Lipinski definition) is 1. The van der Waals surface area contributed by atoms with E-state index in [1.165, 1.54) is 44.9 Å². The van der Waals surface area contributed by atoms with Crippen LogP contribution in [-0.4, -0.2) is 69.3 Å². The van der Waals surface area contributed by atoms with Crippen LogP contribution >= 0.6 is 0 Å². The quantitative estimate of drug-likeness (QED) is 0.630. The molecule has 37 heavy (non-hydrogen) atoms. The molecule has 7 nitrogen and oxygen atoms in total. The standard InChI is InChI=1S/C30H46N4O3/c1-2-33-27-14-8-9-15-28(27)34(30(33)37)26-16-18-31(19-23-11-6-4-3-5-7-12-23)21-25(26)29(36)32-17-10-13-24(20-32)22-35/h8-9,14-15,23-26,35H,2-7,10-13,16-22H2,1H3/t24?,25-,26-/m0/s1. The van der Waals surface area contributed by atoms with Gasteiger partial charge in [0.2, 0.25) is 5.91 Å². The van der Waals surface area contributed by atoms with Crippen LogP contribution < -0.4 is 5.69 Å². The Balaban J connectivity index is 1.44. The van der Waals surface area contributed by atoms with Crippen LogP contribution in [0.25, 0.3) is 11.0 Å². The molecule has 2 aliphatic heterocycles. The van der Waals surface area contributed by atoms with Crippen molar-refractivity contribution in [2.75, 3.05) is 39.3 Å². The fourth-order valence-electron chi connectivity index (χ4n) is 7.32. The molecule has 2 saturated heterocycles. The molecular weight excluding hydrogens is 464 g/mol. The molecule has 7 heteroatoms. The molecule has 1 amide bonds. The lowest BCUT2D eigenvalue weighted by molar-refractivity contribution is -0.141. The maximum atomic E-state index is 14.2. The summed E-state index contributed by atoms with van der Waals surface area (Å²) in [6, 6.07) is 7.90. The number of likely N-dealkylation sites (tertiary alicyclic amines) is 2. The number of nitrogens with zero attached hydrogens (tertiary/aromatic N) is 4. The highest BCUT2D eigenvalue weighted by atomic mass is 16.3. The maximum absolute atomic E-state index is 14.2. The minimum Gasteiger partial charge on any atom is -0.396 e. The van der Waals surface area contributed by atoms with Crippen LogP contribution in [0.15, 0.2) is 29.1 Å². The number of carbonyl (C=O) groups excluding carboxylic acids is 1. The van der Waals surface area contributed by atoms with Gasteiger partial charge in [-0.3, -0.25) is 13.9 Å². The van der Waals surface area contributed by atoms with Gasteiger partial charge in [-0.15, -0.1) is 0 Å². The van der Waals surface area contributed by atoms with Gasteiger partial charge in [-0.2, -0.15) is 0 Å². The largest absolute Gasteiger partial charge is 0.396 e. The smallest absolute Gasteiger partial charge is 0.329 e. The van der Waals surface area contributed by atoms with E-state index in [-0.39, 0.29) is 36.1 Å². The van der Waals surface area contributed by atoms with E-state index in [4.69, 9.17) is 0 Å². The SMILES string of the molecule is CCn1c(=O)n([C@H]2CCN(CC3CCCCCCC3)C[C@@H]2C(=O)N2CCCC(CO)C2)c2ccccc21. The molecule has 5 rings (SSSR count). The van der Waals surface area contributed by atoms with Gasteiger partial charge in [0.05, 0.1) is 23.0 Å². The Morgan fingerprint density at radius 1 is 0.892 bits per heavy atom. The zero-order valence-corrected chi connectivity index (χ0v) is 22.7. The number of aryl methyl sites for hydroxylation is 1. The van der Waals surface area contributed by atoms with E-state index in [2.05, 4.69) is 4.90 Å². The zero-order valence-electron chi connectivity index (χ0n) is 22.7. The number of amides is 1. The minimum absolute atomic E-state index is 0.00634. The third-order valence-electron chi connectivity index (χ3n) is 9.32. The van der Waals surface area contributed by atoms with Gasteiger partial charge >= 0.3 is 5.69 Å².